The number of para-hydroxylation sites is 1. The maximum atomic E-state index is 12.8. The number of amides is 1. The first-order chi connectivity index (χ1) is 11.1. The van der Waals surface area contributed by atoms with Gasteiger partial charge >= 0.3 is 0 Å². The third-order valence-electron chi connectivity index (χ3n) is 4.93. The number of ketones is 1. The van der Waals surface area contributed by atoms with Crippen molar-refractivity contribution < 1.29 is 9.59 Å². The van der Waals surface area contributed by atoms with Gasteiger partial charge in [-0.05, 0) is 38.9 Å². The summed E-state index contributed by atoms with van der Waals surface area (Å²) >= 11 is 0. The molecule has 0 bridgehead atoms. The highest BCUT2D eigenvalue weighted by Gasteiger charge is 2.30. The molecular weight excluding hydrogens is 290 g/mol. The Kier molecular flexibility index (Phi) is 4.48. The van der Waals surface area contributed by atoms with Crippen LogP contribution < -0.4 is 5.32 Å². The molecule has 1 atom stereocenters. The molecule has 1 aromatic heterocycles. The average Bonchev–Trinajstić information content (AvgIpc) is 3.04. The van der Waals surface area contributed by atoms with Gasteiger partial charge in [-0.3, -0.25) is 14.5 Å². The van der Waals surface area contributed by atoms with Crippen LogP contribution in [0.3, 0.4) is 0 Å². The number of nitrogens with zero attached hydrogens (tertiary/aromatic N) is 1. The lowest BCUT2D eigenvalue weighted by atomic mass is 9.93. The Balaban J connectivity index is 1.70. The molecular formula is C18H23N3O2. The second-order valence-electron chi connectivity index (χ2n) is 6.21. The molecule has 0 spiro atoms. The van der Waals surface area contributed by atoms with Gasteiger partial charge in [-0.1, -0.05) is 18.2 Å². The molecule has 2 aromatic rings. The lowest BCUT2D eigenvalue weighted by Crippen LogP contribution is -2.46. The number of hydrogen-bond donors (Lipinski definition) is 2. The van der Waals surface area contributed by atoms with Crippen LogP contribution in [0.25, 0.3) is 10.9 Å². The van der Waals surface area contributed by atoms with E-state index >= 15 is 0 Å². The summed E-state index contributed by atoms with van der Waals surface area (Å²) in [7, 11) is 1.68. The number of benzene rings is 1. The Morgan fingerprint density at radius 3 is 2.65 bits per heavy atom. The molecule has 23 heavy (non-hydrogen) atoms. The zero-order valence-electron chi connectivity index (χ0n) is 13.6. The Morgan fingerprint density at radius 1 is 1.26 bits per heavy atom. The smallest absolute Gasteiger partial charge is 0.222 e. The van der Waals surface area contributed by atoms with E-state index in [1.54, 1.807) is 13.2 Å². The van der Waals surface area contributed by atoms with Crippen LogP contribution in [0.1, 0.15) is 30.1 Å². The van der Waals surface area contributed by atoms with Crippen LogP contribution in [-0.2, 0) is 4.79 Å². The Hall–Kier alpha value is -2.14. The predicted octanol–water partition coefficient (Wildman–Crippen LogP) is 2.20. The third kappa shape index (κ3) is 3.01. The quantitative estimate of drug-likeness (QED) is 0.851. The van der Waals surface area contributed by atoms with E-state index in [2.05, 4.69) is 15.2 Å². The summed E-state index contributed by atoms with van der Waals surface area (Å²) in [5.74, 6) is 0.327. The number of rotatable bonds is 4. The lowest BCUT2D eigenvalue weighted by Gasteiger charge is -2.34. The summed E-state index contributed by atoms with van der Waals surface area (Å²) in [4.78, 5) is 29.9. The van der Waals surface area contributed by atoms with E-state index in [1.807, 2.05) is 31.2 Å². The largest absolute Gasteiger partial charge is 0.360 e. The fraction of sp³-hybridized carbons (Fsp3) is 0.444. The number of hydrogen-bond acceptors (Lipinski definition) is 3. The van der Waals surface area contributed by atoms with E-state index in [1.165, 1.54) is 0 Å². The summed E-state index contributed by atoms with van der Waals surface area (Å²) in [6.07, 6.45) is 3.43. The number of likely N-dealkylation sites (tertiary alicyclic amines) is 1. The zero-order chi connectivity index (χ0) is 16.4. The van der Waals surface area contributed by atoms with Gasteiger partial charge in [0.15, 0.2) is 5.78 Å². The minimum absolute atomic E-state index is 0.0756. The van der Waals surface area contributed by atoms with Gasteiger partial charge in [0.2, 0.25) is 5.91 Å². The van der Waals surface area contributed by atoms with Crippen molar-refractivity contribution in [2.24, 2.45) is 5.92 Å². The van der Waals surface area contributed by atoms with Crippen molar-refractivity contribution in [1.82, 2.24) is 15.2 Å². The Bertz CT molecular complexity index is 714. The number of carbonyl (C=O) groups excluding carboxylic acids is 2. The lowest BCUT2D eigenvalue weighted by molar-refractivity contribution is -0.126. The summed E-state index contributed by atoms with van der Waals surface area (Å²) in [6.45, 7) is 3.53. The first-order valence-electron chi connectivity index (χ1n) is 8.17. The molecule has 1 saturated heterocycles. The van der Waals surface area contributed by atoms with Gasteiger partial charge in [0.1, 0.15) is 0 Å². The topological polar surface area (TPSA) is 65.2 Å². The minimum Gasteiger partial charge on any atom is -0.360 e. The van der Waals surface area contributed by atoms with Gasteiger partial charge in [-0.2, -0.15) is 0 Å². The van der Waals surface area contributed by atoms with Gasteiger partial charge in [0, 0.05) is 35.6 Å². The van der Waals surface area contributed by atoms with Crippen molar-refractivity contribution in [3.63, 3.8) is 0 Å². The fourth-order valence-electron chi connectivity index (χ4n) is 3.42. The molecule has 0 unspecified atom stereocenters. The predicted molar refractivity (Wildman–Crippen MR) is 90.5 cm³/mol. The molecule has 3 rings (SSSR count). The van der Waals surface area contributed by atoms with E-state index in [4.69, 9.17) is 0 Å². The number of Topliss-reactive ketones (excluding diaryl/α,β-unsaturated/α-hetero) is 1. The van der Waals surface area contributed by atoms with Crippen molar-refractivity contribution in [2.75, 3.05) is 20.1 Å². The van der Waals surface area contributed by atoms with E-state index < -0.39 is 0 Å². The molecule has 5 nitrogen and oxygen atoms in total. The van der Waals surface area contributed by atoms with Gasteiger partial charge in [-0.15, -0.1) is 0 Å². The molecule has 0 aliphatic carbocycles. The monoisotopic (exact) mass is 313 g/mol. The molecule has 1 amide bonds. The molecule has 5 heteroatoms. The molecule has 1 aliphatic rings. The van der Waals surface area contributed by atoms with Crippen LogP contribution in [0.4, 0.5) is 0 Å². The number of nitrogens with one attached hydrogen (secondary N) is 2. The van der Waals surface area contributed by atoms with Crippen LogP contribution >= 0.6 is 0 Å². The van der Waals surface area contributed by atoms with E-state index in [0.29, 0.717) is 0 Å². The molecule has 1 aromatic carbocycles. The van der Waals surface area contributed by atoms with Crippen LogP contribution in [0.2, 0.25) is 0 Å². The number of piperidine rings is 1. The summed E-state index contributed by atoms with van der Waals surface area (Å²) in [5.41, 5.74) is 1.74. The van der Waals surface area contributed by atoms with Gasteiger partial charge < -0.3 is 10.3 Å². The second-order valence-corrected chi connectivity index (χ2v) is 6.21. The zero-order valence-corrected chi connectivity index (χ0v) is 13.6. The van der Waals surface area contributed by atoms with Crippen molar-refractivity contribution in [1.29, 1.82) is 0 Å². The van der Waals surface area contributed by atoms with Crippen LogP contribution in [0.15, 0.2) is 30.5 Å². The summed E-state index contributed by atoms with van der Waals surface area (Å²) < 4.78 is 0. The normalized spacial score (nSPS) is 18.0. The number of fused-ring (bicyclic) bond motifs is 1. The van der Waals surface area contributed by atoms with Crippen LogP contribution in [-0.4, -0.2) is 47.8 Å². The van der Waals surface area contributed by atoms with Crippen LogP contribution in [0.5, 0.6) is 0 Å². The van der Waals surface area contributed by atoms with Gasteiger partial charge in [0.05, 0.1) is 6.04 Å². The van der Waals surface area contributed by atoms with E-state index in [-0.39, 0.29) is 23.7 Å². The maximum absolute atomic E-state index is 12.8. The molecule has 122 valence electrons. The highest BCUT2D eigenvalue weighted by atomic mass is 16.1. The van der Waals surface area contributed by atoms with Crippen LogP contribution in [0, 0.1) is 5.92 Å². The van der Waals surface area contributed by atoms with E-state index in [0.717, 1.165) is 42.4 Å². The number of carbonyl (C=O) groups is 2. The Morgan fingerprint density at radius 2 is 1.96 bits per heavy atom. The molecule has 2 N–H and O–H groups in total. The number of aromatic amines is 1. The minimum atomic E-state index is -0.167. The third-order valence-corrected chi connectivity index (χ3v) is 4.93. The molecule has 1 aliphatic heterocycles. The average molecular weight is 313 g/mol. The maximum Gasteiger partial charge on any atom is 0.222 e. The summed E-state index contributed by atoms with van der Waals surface area (Å²) in [5, 5.41) is 3.69. The van der Waals surface area contributed by atoms with Crippen molar-refractivity contribution in [3.05, 3.63) is 36.0 Å². The second kappa shape index (κ2) is 6.54. The standard InChI is InChI=1S/C18H23N3O2/c1-12(21-9-7-13(8-10-21)18(23)19-2)17(22)15-11-20-16-6-4-3-5-14(15)16/h3-6,11-13,20H,7-10H2,1-2H3,(H,19,23)/t12-/m1/s1. The number of H-pyrrole nitrogens is 1. The fourth-order valence-corrected chi connectivity index (χ4v) is 3.42. The molecule has 1 fully saturated rings. The van der Waals surface area contributed by atoms with Crippen molar-refractivity contribution in [2.45, 2.75) is 25.8 Å². The first kappa shape index (κ1) is 15.7. The van der Waals surface area contributed by atoms with Gasteiger partial charge in [0.25, 0.3) is 0 Å². The van der Waals surface area contributed by atoms with Crippen molar-refractivity contribution in [3.8, 4) is 0 Å². The number of aromatic nitrogens is 1. The highest BCUT2D eigenvalue weighted by molar-refractivity contribution is 6.10. The molecule has 2 heterocycles. The van der Waals surface area contributed by atoms with E-state index in [9.17, 15) is 9.59 Å². The molecule has 0 radical (unpaired) electrons. The van der Waals surface area contributed by atoms with Gasteiger partial charge in [-0.25, -0.2) is 0 Å². The Labute approximate surface area is 136 Å². The first-order valence-corrected chi connectivity index (χ1v) is 8.17. The SMILES string of the molecule is CNC(=O)C1CCN([C@H](C)C(=O)c2c[nH]c3ccccc23)CC1. The summed E-state index contributed by atoms with van der Waals surface area (Å²) in [6, 6.07) is 7.70. The van der Waals surface area contributed by atoms with Crippen molar-refractivity contribution >= 4 is 22.6 Å². The highest BCUT2D eigenvalue weighted by Crippen LogP contribution is 2.24. The molecule has 0 saturated carbocycles.